The minimum absolute atomic E-state index is 0.0239. The fourth-order valence-corrected chi connectivity index (χ4v) is 2.93. The van der Waals surface area contributed by atoms with Gasteiger partial charge < -0.3 is 5.73 Å². The first kappa shape index (κ1) is 14.8. The minimum atomic E-state index is -3.45. The van der Waals surface area contributed by atoms with Crippen LogP contribution in [-0.4, -0.2) is 25.6 Å². The molecule has 0 aliphatic heterocycles. The average Bonchev–Trinajstić information content (AvgIpc) is 2.29. The van der Waals surface area contributed by atoms with Crippen LogP contribution in [0.3, 0.4) is 0 Å². The van der Waals surface area contributed by atoms with Crippen molar-refractivity contribution in [2.45, 2.75) is 20.0 Å². The molecule has 5 nitrogen and oxygen atoms in total. The molecule has 7 heteroatoms. The lowest BCUT2D eigenvalue weighted by Gasteiger charge is -2.27. The summed E-state index contributed by atoms with van der Waals surface area (Å²) < 4.78 is 25.4. The van der Waals surface area contributed by atoms with E-state index in [1.807, 2.05) is 6.07 Å². The third kappa shape index (κ3) is 3.61. The standard InChI is InChI=1S/C11H16ClN3O2S/c1-3-18(16,17)15(9(2)14-11(12)13)10-7-5-4-6-8-10/h4-9H,3H2,1-2H3,(H2,13,14). The van der Waals surface area contributed by atoms with Crippen molar-refractivity contribution in [1.82, 2.24) is 0 Å². The molecule has 2 N–H and O–H groups in total. The Morgan fingerprint density at radius 3 is 2.44 bits per heavy atom. The fraction of sp³-hybridized carbons (Fsp3) is 0.364. The molecule has 1 rings (SSSR count). The van der Waals surface area contributed by atoms with E-state index in [-0.39, 0.29) is 11.0 Å². The lowest BCUT2D eigenvalue weighted by molar-refractivity contribution is 0.583. The maximum absolute atomic E-state index is 12.1. The van der Waals surface area contributed by atoms with Crippen molar-refractivity contribution in [3.05, 3.63) is 30.3 Å². The van der Waals surface area contributed by atoms with Gasteiger partial charge in [0.15, 0.2) is 5.29 Å². The highest BCUT2D eigenvalue weighted by atomic mass is 35.5. The maximum atomic E-state index is 12.1. The second-order valence-corrected chi connectivity index (χ2v) is 6.14. The first-order valence-corrected chi connectivity index (χ1v) is 7.43. The maximum Gasteiger partial charge on any atom is 0.236 e. The first-order chi connectivity index (χ1) is 8.38. The summed E-state index contributed by atoms with van der Waals surface area (Å²) in [5.41, 5.74) is 5.82. The molecule has 18 heavy (non-hydrogen) atoms. The number of benzene rings is 1. The number of anilines is 1. The third-order valence-electron chi connectivity index (χ3n) is 2.32. The Morgan fingerprint density at radius 2 is 2.00 bits per heavy atom. The van der Waals surface area contributed by atoms with Crippen LogP contribution in [0.1, 0.15) is 13.8 Å². The summed E-state index contributed by atoms with van der Waals surface area (Å²) >= 11 is 5.50. The second-order valence-electron chi connectivity index (χ2n) is 3.62. The van der Waals surface area contributed by atoms with Crippen molar-refractivity contribution in [2.24, 2.45) is 10.7 Å². The molecule has 0 saturated carbocycles. The van der Waals surface area contributed by atoms with Gasteiger partial charge in [-0.2, -0.15) is 0 Å². The molecule has 0 bridgehead atoms. The van der Waals surface area contributed by atoms with Crippen LogP contribution in [0.2, 0.25) is 0 Å². The first-order valence-electron chi connectivity index (χ1n) is 5.44. The van der Waals surface area contributed by atoms with Crippen LogP contribution in [-0.2, 0) is 10.0 Å². The Balaban J connectivity index is 3.25. The van der Waals surface area contributed by atoms with Crippen molar-refractivity contribution in [3.8, 4) is 0 Å². The Hall–Kier alpha value is -1.27. The average molecular weight is 290 g/mol. The molecule has 1 aromatic carbocycles. The van der Waals surface area contributed by atoms with E-state index in [0.717, 1.165) is 0 Å². The number of para-hydroxylation sites is 1. The van der Waals surface area contributed by atoms with Gasteiger partial charge in [0.2, 0.25) is 10.0 Å². The van der Waals surface area contributed by atoms with Gasteiger partial charge in [-0.1, -0.05) is 18.2 Å². The van der Waals surface area contributed by atoms with Crippen LogP contribution in [0.5, 0.6) is 0 Å². The van der Waals surface area contributed by atoms with Gasteiger partial charge >= 0.3 is 0 Å². The summed E-state index contributed by atoms with van der Waals surface area (Å²) in [5, 5.41) is -0.172. The van der Waals surface area contributed by atoms with Crippen LogP contribution in [0.25, 0.3) is 0 Å². The Labute approximate surface area is 112 Å². The number of hydrogen-bond donors (Lipinski definition) is 1. The van der Waals surface area contributed by atoms with E-state index < -0.39 is 16.2 Å². The zero-order valence-corrected chi connectivity index (χ0v) is 11.8. The summed E-state index contributed by atoms with van der Waals surface area (Å²) in [6.45, 7) is 3.20. The van der Waals surface area contributed by atoms with Crippen LogP contribution in [0, 0.1) is 0 Å². The zero-order chi connectivity index (χ0) is 13.8. The van der Waals surface area contributed by atoms with E-state index in [2.05, 4.69) is 4.99 Å². The predicted molar refractivity (Wildman–Crippen MR) is 75.3 cm³/mol. The summed E-state index contributed by atoms with van der Waals surface area (Å²) in [7, 11) is -3.45. The number of sulfonamides is 1. The number of hydrogen-bond acceptors (Lipinski definition) is 3. The van der Waals surface area contributed by atoms with Gasteiger partial charge in [-0.05, 0) is 37.6 Å². The molecule has 0 radical (unpaired) electrons. The summed E-state index contributed by atoms with van der Waals surface area (Å²) in [6, 6.07) is 8.72. The second kappa shape index (κ2) is 6.06. The van der Waals surface area contributed by atoms with E-state index in [0.29, 0.717) is 5.69 Å². The zero-order valence-electron chi connectivity index (χ0n) is 10.2. The van der Waals surface area contributed by atoms with Crippen LogP contribution in [0.15, 0.2) is 35.3 Å². The lowest BCUT2D eigenvalue weighted by Crippen LogP contribution is -2.39. The number of nitrogens with zero attached hydrogens (tertiary/aromatic N) is 2. The smallest absolute Gasteiger partial charge is 0.236 e. The Kier molecular flexibility index (Phi) is 4.98. The molecule has 0 saturated heterocycles. The van der Waals surface area contributed by atoms with Crippen molar-refractivity contribution in [2.75, 3.05) is 10.1 Å². The fourth-order valence-electron chi connectivity index (χ4n) is 1.55. The summed E-state index contributed by atoms with van der Waals surface area (Å²) in [6.07, 6.45) is -0.685. The van der Waals surface area contributed by atoms with E-state index in [1.54, 1.807) is 38.1 Å². The van der Waals surface area contributed by atoms with Crippen molar-refractivity contribution in [3.63, 3.8) is 0 Å². The molecule has 0 amide bonds. The SMILES string of the molecule is CCS(=O)(=O)N(c1ccccc1)C(C)N=C(N)Cl. The topological polar surface area (TPSA) is 75.8 Å². The van der Waals surface area contributed by atoms with E-state index in [9.17, 15) is 8.42 Å². The van der Waals surface area contributed by atoms with E-state index in [1.165, 1.54) is 4.31 Å². The van der Waals surface area contributed by atoms with Crippen LogP contribution >= 0.6 is 11.6 Å². The monoisotopic (exact) mass is 289 g/mol. The number of rotatable bonds is 5. The predicted octanol–water partition coefficient (Wildman–Crippen LogP) is 1.74. The van der Waals surface area contributed by atoms with Crippen molar-refractivity contribution >= 4 is 32.6 Å². The van der Waals surface area contributed by atoms with Crippen LogP contribution < -0.4 is 10.0 Å². The number of nitrogens with two attached hydrogens (primary N) is 1. The Bertz CT molecular complexity index is 512. The molecule has 1 aromatic rings. The van der Waals surface area contributed by atoms with Crippen LogP contribution in [0.4, 0.5) is 5.69 Å². The van der Waals surface area contributed by atoms with Crippen molar-refractivity contribution < 1.29 is 8.42 Å². The van der Waals surface area contributed by atoms with Gasteiger partial charge in [0.1, 0.15) is 6.17 Å². The van der Waals surface area contributed by atoms with Crippen molar-refractivity contribution in [1.29, 1.82) is 0 Å². The van der Waals surface area contributed by atoms with Gasteiger partial charge in [-0.3, -0.25) is 0 Å². The number of halogens is 1. The molecule has 1 unspecified atom stereocenters. The van der Waals surface area contributed by atoms with E-state index >= 15 is 0 Å². The molecule has 0 spiro atoms. The molecule has 1 atom stereocenters. The molecule has 0 heterocycles. The molecule has 0 aliphatic rings. The molecule has 0 aliphatic carbocycles. The lowest BCUT2D eigenvalue weighted by atomic mass is 10.3. The molecule has 100 valence electrons. The highest BCUT2D eigenvalue weighted by molar-refractivity contribution is 7.92. The van der Waals surface area contributed by atoms with Gasteiger partial charge in [0, 0.05) is 0 Å². The Morgan fingerprint density at radius 1 is 1.44 bits per heavy atom. The largest absolute Gasteiger partial charge is 0.374 e. The number of aliphatic imine (C=N–C) groups is 1. The van der Waals surface area contributed by atoms with Gasteiger partial charge in [-0.25, -0.2) is 17.7 Å². The van der Waals surface area contributed by atoms with Gasteiger partial charge in [-0.15, -0.1) is 0 Å². The highest BCUT2D eigenvalue weighted by Gasteiger charge is 2.25. The van der Waals surface area contributed by atoms with E-state index in [4.69, 9.17) is 17.3 Å². The van der Waals surface area contributed by atoms with Gasteiger partial charge in [0.05, 0.1) is 11.4 Å². The summed E-state index contributed by atoms with van der Waals surface area (Å²) in [4.78, 5) is 3.87. The third-order valence-corrected chi connectivity index (χ3v) is 4.27. The van der Waals surface area contributed by atoms with Gasteiger partial charge in [0.25, 0.3) is 0 Å². The molecular weight excluding hydrogens is 274 g/mol. The molecule has 0 fully saturated rings. The normalized spacial score (nSPS) is 14.3. The summed E-state index contributed by atoms with van der Waals surface area (Å²) in [5.74, 6) is -0.0239. The molecule has 0 aromatic heterocycles. The number of amidine groups is 1. The minimum Gasteiger partial charge on any atom is -0.374 e. The highest BCUT2D eigenvalue weighted by Crippen LogP contribution is 2.21. The molecular formula is C11H16ClN3O2S. The quantitative estimate of drug-likeness (QED) is 0.510.